The molecule has 0 aliphatic rings. The van der Waals surface area contributed by atoms with Crippen molar-refractivity contribution in [2.75, 3.05) is 6.61 Å². The van der Waals surface area contributed by atoms with Gasteiger partial charge in [0.25, 0.3) is 0 Å². The number of nitrogens with two attached hydrogens (primary N) is 3. The van der Waals surface area contributed by atoms with Crippen LogP contribution in [0, 0.1) is 0 Å². The number of rotatable bonds is 4. The monoisotopic (exact) mass is 383 g/mol. The molecule has 2 rings (SSSR count). The fourth-order valence-electron chi connectivity index (χ4n) is 2.13. The zero-order chi connectivity index (χ0) is 20.2. The van der Waals surface area contributed by atoms with Crippen LogP contribution in [0.5, 0.6) is 0 Å². The summed E-state index contributed by atoms with van der Waals surface area (Å²) in [5, 5.41) is 3.67. The van der Waals surface area contributed by atoms with Crippen molar-refractivity contribution in [3.63, 3.8) is 0 Å². The van der Waals surface area contributed by atoms with E-state index in [-0.39, 0.29) is 24.2 Å². The van der Waals surface area contributed by atoms with Crippen molar-refractivity contribution in [3.05, 3.63) is 41.7 Å². The molecule has 0 aliphatic heterocycles. The molecule has 0 unspecified atom stereocenters. The second-order valence-electron chi connectivity index (χ2n) is 5.06. The number of aliphatic imine (C=N–C) groups is 2. The molecule has 0 amide bonds. The highest BCUT2D eigenvalue weighted by Crippen LogP contribution is 2.34. The van der Waals surface area contributed by atoms with Crippen molar-refractivity contribution in [1.29, 1.82) is 0 Å². The Morgan fingerprint density at radius 3 is 2.37 bits per heavy atom. The summed E-state index contributed by atoms with van der Waals surface area (Å²) in [6.45, 7) is 1.42. The van der Waals surface area contributed by atoms with Crippen molar-refractivity contribution < 1.29 is 22.7 Å². The van der Waals surface area contributed by atoms with Gasteiger partial charge in [0.2, 0.25) is 5.96 Å². The van der Waals surface area contributed by atoms with Crippen molar-refractivity contribution in [2.24, 2.45) is 27.2 Å². The molecule has 0 saturated carbocycles. The molecule has 2 aromatic rings. The predicted molar refractivity (Wildman–Crippen MR) is 91.6 cm³/mol. The van der Waals surface area contributed by atoms with Gasteiger partial charge < -0.3 is 21.9 Å². The standard InChI is InChI=1S/C15H16F3N7O2/c1-2-27-12(26)10-7-22-25(11(10)15(16,17)18)9-5-3-8(4-6-9)23-14(21)24-13(19)20/h3-7H,2H2,1H3,(H6,19,20,21,23,24). The van der Waals surface area contributed by atoms with E-state index in [0.29, 0.717) is 10.4 Å². The maximum absolute atomic E-state index is 13.5. The van der Waals surface area contributed by atoms with Crippen LogP contribution in [-0.2, 0) is 10.9 Å². The van der Waals surface area contributed by atoms with Gasteiger partial charge in [-0.3, -0.25) is 0 Å². The Morgan fingerprint density at radius 1 is 1.22 bits per heavy atom. The number of carbonyl (C=O) groups excluding carboxylic acids is 1. The summed E-state index contributed by atoms with van der Waals surface area (Å²) < 4.78 is 45.6. The SMILES string of the molecule is CCOC(=O)c1cnn(-c2ccc(N=C(N)N=C(N)N)cc2)c1C(F)(F)F. The largest absolute Gasteiger partial charge is 0.462 e. The van der Waals surface area contributed by atoms with Crippen LogP contribution in [0.25, 0.3) is 5.69 Å². The van der Waals surface area contributed by atoms with E-state index in [2.05, 4.69) is 19.8 Å². The van der Waals surface area contributed by atoms with Crippen LogP contribution in [0.1, 0.15) is 23.0 Å². The molecule has 0 bridgehead atoms. The van der Waals surface area contributed by atoms with Crippen LogP contribution in [0.15, 0.2) is 40.4 Å². The van der Waals surface area contributed by atoms with Crippen molar-refractivity contribution in [1.82, 2.24) is 9.78 Å². The molecule has 0 fully saturated rings. The topological polar surface area (TPSA) is 147 Å². The van der Waals surface area contributed by atoms with Crippen molar-refractivity contribution in [2.45, 2.75) is 13.1 Å². The van der Waals surface area contributed by atoms with Crippen LogP contribution < -0.4 is 17.2 Å². The molecule has 0 aliphatic carbocycles. The molecular formula is C15H16F3N7O2. The highest BCUT2D eigenvalue weighted by atomic mass is 19.4. The van der Waals surface area contributed by atoms with E-state index in [1.165, 1.54) is 31.2 Å². The summed E-state index contributed by atoms with van der Waals surface area (Å²) in [4.78, 5) is 19.2. The van der Waals surface area contributed by atoms with Gasteiger partial charge in [-0.25, -0.2) is 14.5 Å². The van der Waals surface area contributed by atoms with E-state index < -0.39 is 23.4 Å². The zero-order valence-electron chi connectivity index (χ0n) is 14.1. The minimum absolute atomic E-state index is 0.0530. The number of guanidine groups is 2. The molecule has 0 atom stereocenters. The number of aromatic nitrogens is 2. The third-order valence-electron chi connectivity index (χ3n) is 3.11. The molecule has 144 valence electrons. The van der Waals surface area contributed by atoms with Gasteiger partial charge in [-0.2, -0.15) is 23.3 Å². The fourth-order valence-corrected chi connectivity index (χ4v) is 2.13. The first-order chi connectivity index (χ1) is 12.6. The number of ether oxygens (including phenoxy) is 1. The smallest absolute Gasteiger partial charge is 0.434 e. The normalized spacial score (nSPS) is 11.9. The van der Waals surface area contributed by atoms with Gasteiger partial charge in [0.1, 0.15) is 5.56 Å². The Morgan fingerprint density at radius 2 is 1.85 bits per heavy atom. The number of hydrogen-bond donors (Lipinski definition) is 3. The lowest BCUT2D eigenvalue weighted by Gasteiger charge is -2.12. The molecular weight excluding hydrogens is 367 g/mol. The minimum Gasteiger partial charge on any atom is -0.462 e. The van der Waals surface area contributed by atoms with Gasteiger partial charge in [0, 0.05) is 0 Å². The second-order valence-corrected chi connectivity index (χ2v) is 5.06. The van der Waals surface area contributed by atoms with Gasteiger partial charge in [0.15, 0.2) is 11.7 Å². The molecule has 0 spiro atoms. The molecule has 6 N–H and O–H groups in total. The Kier molecular flexibility index (Phi) is 5.68. The van der Waals surface area contributed by atoms with Crippen LogP contribution in [-0.4, -0.2) is 34.3 Å². The molecule has 9 nitrogen and oxygen atoms in total. The molecule has 1 aromatic carbocycles. The van der Waals surface area contributed by atoms with Crippen LogP contribution in [0.2, 0.25) is 0 Å². The number of esters is 1. The van der Waals surface area contributed by atoms with Gasteiger partial charge in [-0.1, -0.05) is 0 Å². The van der Waals surface area contributed by atoms with Gasteiger partial charge in [-0.05, 0) is 31.2 Å². The Hall–Kier alpha value is -3.57. The maximum Gasteiger partial charge on any atom is 0.434 e. The highest BCUT2D eigenvalue weighted by molar-refractivity contribution is 5.93. The van der Waals surface area contributed by atoms with Crippen molar-refractivity contribution >= 4 is 23.6 Å². The first-order valence-electron chi connectivity index (χ1n) is 7.50. The third kappa shape index (κ3) is 4.74. The van der Waals surface area contributed by atoms with Gasteiger partial charge in [0.05, 0.1) is 24.2 Å². The lowest BCUT2D eigenvalue weighted by molar-refractivity contribution is -0.143. The Bertz CT molecular complexity index is 882. The van der Waals surface area contributed by atoms with Gasteiger partial charge >= 0.3 is 12.1 Å². The zero-order valence-corrected chi connectivity index (χ0v) is 14.1. The van der Waals surface area contributed by atoms with E-state index in [0.717, 1.165) is 6.20 Å². The Balaban J connectivity index is 2.44. The first kappa shape index (κ1) is 19.8. The molecule has 0 radical (unpaired) electrons. The Labute approximate surface area is 151 Å². The van der Waals surface area contributed by atoms with Crippen LogP contribution in [0.3, 0.4) is 0 Å². The average molecular weight is 383 g/mol. The summed E-state index contributed by atoms with van der Waals surface area (Å²) in [5.41, 5.74) is 14.3. The van der Waals surface area contributed by atoms with Crippen LogP contribution in [0.4, 0.5) is 18.9 Å². The summed E-state index contributed by atoms with van der Waals surface area (Å²) >= 11 is 0. The van der Waals surface area contributed by atoms with E-state index >= 15 is 0 Å². The van der Waals surface area contributed by atoms with E-state index in [4.69, 9.17) is 17.2 Å². The number of alkyl halides is 3. The van der Waals surface area contributed by atoms with E-state index in [9.17, 15) is 18.0 Å². The third-order valence-corrected chi connectivity index (χ3v) is 3.11. The lowest BCUT2D eigenvalue weighted by Crippen LogP contribution is -2.26. The highest BCUT2D eigenvalue weighted by Gasteiger charge is 2.41. The molecule has 1 aromatic heterocycles. The fraction of sp³-hybridized carbons (Fsp3) is 0.200. The first-order valence-corrected chi connectivity index (χ1v) is 7.50. The summed E-state index contributed by atoms with van der Waals surface area (Å²) in [6.07, 6.45) is -4.02. The molecule has 27 heavy (non-hydrogen) atoms. The maximum atomic E-state index is 13.5. The molecule has 12 heteroatoms. The average Bonchev–Trinajstić information content (AvgIpc) is 3.00. The van der Waals surface area contributed by atoms with Crippen LogP contribution >= 0.6 is 0 Å². The molecule has 0 saturated heterocycles. The van der Waals surface area contributed by atoms with Crippen molar-refractivity contribution in [3.8, 4) is 5.69 Å². The summed E-state index contributed by atoms with van der Waals surface area (Å²) in [7, 11) is 0. The lowest BCUT2D eigenvalue weighted by atomic mass is 10.2. The van der Waals surface area contributed by atoms with E-state index in [1.807, 2.05) is 0 Å². The summed E-state index contributed by atoms with van der Waals surface area (Å²) in [5.74, 6) is -1.62. The number of halogens is 3. The van der Waals surface area contributed by atoms with Gasteiger partial charge in [-0.15, -0.1) is 0 Å². The quantitative estimate of drug-likeness (QED) is 0.412. The summed E-state index contributed by atoms with van der Waals surface area (Å²) in [6, 6.07) is 5.41. The number of carbonyl (C=O) groups is 1. The predicted octanol–water partition coefficient (Wildman–Crippen LogP) is 1.29. The number of benzene rings is 1. The van der Waals surface area contributed by atoms with E-state index in [1.54, 1.807) is 0 Å². The minimum atomic E-state index is -4.83. The second kappa shape index (κ2) is 7.76. The number of hydrogen-bond acceptors (Lipinski definition) is 4. The number of nitrogens with zero attached hydrogens (tertiary/aromatic N) is 4. The molecule has 1 heterocycles.